The lowest BCUT2D eigenvalue weighted by Crippen LogP contribution is -2.59. The van der Waals surface area contributed by atoms with Crippen molar-refractivity contribution in [3.8, 4) is 0 Å². The molecular formula is C13H22N2O4. The van der Waals surface area contributed by atoms with Crippen LogP contribution in [0.25, 0.3) is 0 Å². The zero-order valence-electron chi connectivity index (χ0n) is 11.8. The molecule has 2 aliphatic rings. The van der Waals surface area contributed by atoms with Crippen LogP contribution in [0.3, 0.4) is 0 Å². The highest BCUT2D eigenvalue weighted by molar-refractivity contribution is 5.73. The summed E-state index contributed by atoms with van der Waals surface area (Å²) in [7, 11) is 0. The first-order valence-electron chi connectivity index (χ1n) is 6.84. The topological polar surface area (TPSA) is 67.9 Å². The Hall–Kier alpha value is -1.30. The smallest absolute Gasteiger partial charge is 0.413 e. The Balaban J connectivity index is 2.28. The van der Waals surface area contributed by atoms with E-state index in [1.165, 1.54) is 6.92 Å². The Morgan fingerprint density at radius 3 is 2.63 bits per heavy atom. The number of nitrogens with zero attached hydrogens (tertiary/aromatic N) is 1. The van der Waals surface area contributed by atoms with Crippen molar-refractivity contribution in [2.45, 2.75) is 45.4 Å². The number of esters is 1. The highest BCUT2D eigenvalue weighted by Gasteiger charge is 2.55. The molecule has 19 heavy (non-hydrogen) atoms. The second kappa shape index (κ2) is 5.36. The van der Waals surface area contributed by atoms with E-state index in [0.717, 1.165) is 25.9 Å². The molecule has 2 saturated heterocycles. The van der Waals surface area contributed by atoms with Gasteiger partial charge < -0.3 is 14.8 Å². The molecule has 0 radical (unpaired) electrons. The zero-order valence-corrected chi connectivity index (χ0v) is 11.8. The lowest BCUT2D eigenvalue weighted by atomic mass is 9.94. The minimum Gasteiger partial charge on any atom is -0.443 e. The second-order valence-corrected chi connectivity index (χ2v) is 5.50. The molecule has 6 heteroatoms. The molecular weight excluding hydrogens is 248 g/mol. The number of piperidine rings is 1. The zero-order chi connectivity index (χ0) is 14.0. The van der Waals surface area contributed by atoms with Crippen LogP contribution >= 0.6 is 0 Å². The van der Waals surface area contributed by atoms with Gasteiger partial charge in [0, 0.05) is 18.9 Å². The average Bonchev–Trinajstić information content (AvgIpc) is 2.68. The molecule has 108 valence electrons. The quantitative estimate of drug-likeness (QED) is 0.778. The molecule has 0 saturated carbocycles. The van der Waals surface area contributed by atoms with E-state index in [9.17, 15) is 9.59 Å². The van der Waals surface area contributed by atoms with E-state index >= 15 is 0 Å². The van der Waals surface area contributed by atoms with Gasteiger partial charge in [0.15, 0.2) is 6.61 Å². The lowest BCUT2D eigenvalue weighted by Gasteiger charge is -2.43. The summed E-state index contributed by atoms with van der Waals surface area (Å²) < 4.78 is 10.7. The van der Waals surface area contributed by atoms with Crippen LogP contribution in [0.1, 0.15) is 33.6 Å². The molecule has 2 rings (SSSR count). The van der Waals surface area contributed by atoms with Gasteiger partial charge in [-0.25, -0.2) is 4.79 Å². The average molecular weight is 270 g/mol. The van der Waals surface area contributed by atoms with Gasteiger partial charge in [0.25, 0.3) is 0 Å². The Morgan fingerprint density at radius 1 is 1.47 bits per heavy atom. The number of cyclic esters (lactones) is 1. The Bertz CT molecular complexity index is 366. The monoisotopic (exact) mass is 270 g/mol. The Kier molecular flexibility index (Phi) is 3.99. The summed E-state index contributed by atoms with van der Waals surface area (Å²) in [4.78, 5) is 25.1. The predicted molar refractivity (Wildman–Crippen MR) is 68.4 cm³/mol. The SMILES string of the molecule is CC(=O)O[C@@]1(C(C)C)COC(=O)N1C1CCNCC1. The molecule has 0 unspecified atom stereocenters. The summed E-state index contributed by atoms with van der Waals surface area (Å²) in [5.41, 5.74) is -0.953. The molecule has 1 N–H and O–H groups in total. The summed E-state index contributed by atoms with van der Waals surface area (Å²) in [6, 6.07) is 0.0676. The van der Waals surface area contributed by atoms with Gasteiger partial charge in [-0.15, -0.1) is 0 Å². The van der Waals surface area contributed by atoms with Gasteiger partial charge in [-0.05, 0) is 25.9 Å². The first kappa shape index (κ1) is 14.1. The fourth-order valence-corrected chi connectivity index (χ4v) is 2.87. The van der Waals surface area contributed by atoms with Crippen LogP contribution in [-0.2, 0) is 14.3 Å². The summed E-state index contributed by atoms with van der Waals surface area (Å²) in [6.45, 7) is 7.10. The molecule has 1 amide bonds. The van der Waals surface area contributed by atoms with E-state index in [4.69, 9.17) is 9.47 Å². The van der Waals surface area contributed by atoms with Crippen LogP contribution in [-0.4, -0.2) is 48.4 Å². The number of rotatable bonds is 3. The molecule has 0 aromatic heterocycles. The Labute approximate surface area is 113 Å². The summed E-state index contributed by atoms with van der Waals surface area (Å²) in [6.07, 6.45) is 1.33. The molecule has 2 heterocycles. The second-order valence-electron chi connectivity index (χ2n) is 5.50. The van der Waals surface area contributed by atoms with E-state index in [2.05, 4.69) is 5.32 Å². The maximum atomic E-state index is 12.1. The van der Waals surface area contributed by atoms with Crippen molar-refractivity contribution in [2.75, 3.05) is 19.7 Å². The van der Waals surface area contributed by atoms with Gasteiger partial charge in [0.2, 0.25) is 5.72 Å². The van der Waals surface area contributed by atoms with Crippen LogP contribution in [0, 0.1) is 5.92 Å². The van der Waals surface area contributed by atoms with Gasteiger partial charge >= 0.3 is 12.1 Å². The predicted octanol–water partition coefficient (Wildman–Crippen LogP) is 1.11. The lowest BCUT2D eigenvalue weighted by molar-refractivity contribution is -0.186. The molecule has 1 atom stereocenters. The van der Waals surface area contributed by atoms with E-state index in [-0.39, 0.29) is 30.6 Å². The van der Waals surface area contributed by atoms with Crippen molar-refractivity contribution in [1.82, 2.24) is 10.2 Å². The first-order valence-corrected chi connectivity index (χ1v) is 6.84. The number of hydrogen-bond acceptors (Lipinski definition) is 5. The fourth-order valence-electron chi connectivity index (χ4n) is 2.87. The minimum atomic E-state index is -0.953. The van der Waals surface area contributed by atoms with Gasteiger partial charge in [-0.1, -0.05) is 13.8 Å². The van der Waals surface area contributed by atoms with Crippen LogP contribution in [0.15, 0.2) is 0 Å². The summed E-state index contributed by atoms with van der Waals surface area (Å²) >= 11 is 0. The highest BCUT2D eigenvalue weighted by Crippen LogP contribution is 2.36. The molecule has 2 aliphatic heterocycles. The highest BCUT2D eigenvalue weighted by atomic mass is 16.6. The normalized spacial score (nSPS) is 28.6. The van der Waals surface area contributed by atoms with Gasteiger partial charge in [-0.3, -0.25) is 9.69 Å². The van der Waals surface area contributed by atoms with Gasteiger partial charge in [-0.2, -0.15) is 0 Å². The van der Waals surface area contributed by atoms with Crippen molar-refractivity contribution < 1.29 is 19.1 Å². The number of amides is 1. The van der Waals surface area contributed by atoms with Gasteiger partial charge in [0.05, 0.1) is 0 Å². The number of hydrogen-bond donors (Lipinski definition) is 1. The number of ether oxygens (including phenoxy) is 2. The third kappa shape index (κ3) is 2.54. The van der Waals surface area contributed by atoms with Crippen molar-refractivity contribution in [3.63, 3.8) is 0 Å². The standard InChI is InChI=1S/C13H22N2O4/c1-9(2)13(19-10(3)16)8-18-12(17)15(13)11-4-6-14-7-5-11/h9,11,14H,4-8H2,1-3H3/t13-/m1/s1. The van der Waals surface area contributed by atoms with Crippen molar-refractivity contribution in [3.05, 3.63) is 0 Å². The molecule has 0 aromatic rings. The molecule has 0 aliphatic carbocycles. The number of carbonyl (C=O) groups is 2. The maximum absolute atomic E-state index is 12.1. The van der Waals surface area contributed by atoms with Crippen molar-refractivity contribution in [1.29, 1.82) is 0 Å². The minimum absolute atomic E-state index is 0.0160. The third-order valence-corrected chi connectivity index (χ3v) is 3.90. The van der Waals surface area contributed by atoms with Crippen LogP contribution < -0.4 is 5.32 Å². The summed E-state index contributed by atoms with van der Waals surface area (Å²) in [5.74, 6) is -0.399. The van der Waals surface area contributed by atoms with E-state index < -0.39 is 5.72 Å². The van der Waals surface area contributed by atoms with Crippen LogP contribution in [0.2, 0.25) is 0 Å². The largest absolute Gasteiger partial charge is 0.443 e. The van der Waals surface area contributed by atoms with E-state index in [0.29, 0.717) is 0 Å². The molecule has 2 fully saturated rings. The van der Waals surface area contributed by atoms with Gasteiger partial charge in [0.1, 0.15) is 0 Å². The van der Waals surface area contributed by atoms with Crippen LogP contribution in [0.4, 0.5) is 4.79 Å². The van der Waals surface area contributed by atoms with Crippen molar-refractivity contribution in [2.24, 2.45) is 5.92 Å². The Morgan fingerprint density at radius 2 is 2.11 bits per heavy atom. The molecule has 0 aromatic carbocycles. The van der Waals surface area contributed by atoms with E-state index in [1.807, 2.05) is 13.8 Å². The molecule has 0 spiro atoms. The molecule has 6 nitrogen and oxygen atoms in total. The number of carbonyl (C=O) groups excluding carboxylic acids is 2. The summed E-state index contributed by atoms with van der Waals surface area (Å²) in [5, 5.41) is 3.26. The van der Waals surface area contributed by atoms with E-state index in [1.54, 1.807) is 4.90 Å². The fraction of sp³-hybridized carbons (Fsp3) is 0.846. The first-order chi connectivity index (χ1) is 8.97. The van der Waals surface area contributed by atoms with Crippen LogP contribution in [0.5, 0.6) is 0 Å². The molecule has 0 bridgehead atoms. The van der Waals surface area contributed by atoms with Crippen molar-refractivity contribution >= 4 is 12.1 Å². The third-order valence-electron chi connectivity index (χ3n) is 3.90. The number of nitrogens with one attached hydrogen (secondary N) is 1. The maximum Gasteiger partial charge on any atom is 0.413 e.